The monoisotopic (exact) mass is 315 g/mol. The van der Waals surface area contributed by atoms with E-state index in [-0.39, 0.29) is 6.54 Å². The second-order valence-corrected chi connectivity index (χ2v) is 6.71. The molecule has 0 aliphatic rings. The highest BCUT2D eigenvalue weighted by molar-refractivity contribution is 5.72. The highest BCUT2D eigenvalue weighted by Crippen LogP contribution is 2.07. The lowest BCUT2D eigenvalue weighted by Gasteiger charge is -2.27. The summed E-state index contributed by atoms with van der Waals surface area (Å²) in [4.78, 5) is 10.7. The molecule has 0 aromatic carbocycles. The van der Waals surface area contributed by atoms with Crippen LogP contribution in [-0.4, -0.2) is 55.2 Å². The Kier molecular flexibility index (Phi) is 11.8. The second-order valence-electron chi connectivity index (χ2n) is 6.71. The van der Waals surface area contributed by atoms with Crippen molar-refractivity contribution in [1.29, 1.82) is 5.41 Å². The molecule has 0 saturated heterocycles. The molecule has 0 aromatic rings. The van der Waals surface area contributed by atoms with Crippen LogP contribution in [0.4, 0.5) is 0 Å². The molecule has 130 valence electrons. The minimum absolute atomic E-state index is 0.117. The topological polar surface area (TPSA) is 70.4 Å². The number of nitrogens with zero attached hydrogens (tertiary/aromatic N) is 1. The molecule has 5 heteroatoms. The van der Waals surface area contributed by atoms with Gasteiger partial charge in [0.25, 0.3) is 0 Å². The third-order valence-electron chi connectivity index (χ3n) is 3.75. The van der Waals surface area contributed by atoms with E-state index in [1.807, 2.05) is 14.1 Å². The van der Waals surface area contributed by atoms with Crippen LogP contribution < -0.4 is 0 Å². The van der Waals surface area contributed by atoms with Crippen LogP contribution in [-0.2, 0) is 9.53 Å². The molecule has 0 unspecified atom stereocenters. The van der Waals surface area contributed by atoms with Gasteiger partial charge in [0.15, 0.2) is 12.4 Å². The summed E-state index contributed by atoms with van der Waals surface area (Å²) >= 11 is 0. The van der Waals surface area contributed by atoms with Crippen LogP contribution in [0.3, 0.4) is 0 Å². The predicted octanol–water partition coefficient (Wildman–Crippen LogP) is 3.67. The van der Waals surface area contributed by atoms with Gasteiger partial charge in [-0.15, -0.1) is 0 Å². The summed E-state index contributed by atoms with van der Waals surface area (Å²) in [5, 5.41) is 16.6. The minimum Gasteiger partial charge on any atom is -0.481 e. The first-order chi connectivity index (χ1) is 10.4. The molecular weight excluding hydrogens is 280 g/mol. The Labute approximate surface area is 135 Å². The van der Waals surface area contributed by atoms with Gasteiger partial charge < -0.3 is 14.3 Å². The molecule has 0 aliphatic carbocycles. The first-order valence-electron chi connectivity index (χ1n) is 8.61. The molecule has 0 amide bonds. The minimum atomic E-state index is -0.782. The molecular formula is C17H35N2O3+. The van der Waals surface area contributed by atoms with Crippen molar-refractivity contribution in [2.24, 2.45) is 0 Å². The SMILES string of the molecule is CCCCCCCCCOC(=N)CCC[N+](C)(C)CC(=O)O. The normalized spacial score (nSPS) is 11.4. The maximum Gasteiger partial charge on any atom is 0.359 e. The summed E-state index contributed by atoms with van der Waals surface area (Å²) in [5.74, 6) is -0.448. The van der Waals surface area contributed by atoms with Gasteiger partial charge in [0.1, 0.15) is 0 Å². The van der Waals surface area contributed by atoms with Crippen LogP contribution in [0.2, 0.25) is 0 Å². The van der Waals surface area contributed by atoms with Crippen LogP contribution in [0.1, 0.15) is 64.7 Å². The van der Waals surface area contributed by atoms with E-state index < -0.39 is 5.97 Å². The van der Waals surface area contributed by atoms with Gasteiger partial charge in [0.05, 0.1) is 27.2 Å². The van der Waals surface area contributed by atoms with Gasteiger partial charge in [0.2, 0.25) is 0 Å². The number of carbonyl (C=O) groups is 1. The number of carboxylic acid groups (broad SMARTS) is 1. The quantitative estimate of drug-likeness (QED) is 0.222. The van der Waals surface area contributed by atoms with Crippen molar-refractivity contribution in [2.45, 2.75) is 64.7 Å². The van der Waals surface area contributed by atoms with E-state index >= 15 is 0 Å². The molecule has 0 aromatic heterocycles. The molecule has 2 N–H and O–H groups in total. The van der Waals surface area contributed by atoms with Crippen molar-refractivity contribution in [3.63, 3.8) is 0 Å². The maximum atomic E-state index is 10.7. The molecule has 0 atom stereocenters. The van der Waals surface area contributed by atoms with Gasteiger partial charge >= 0.3 is 5.97 Å². The zero-order valence-electron chi connectivity index (χ0n) is 14.7. The number of carboxylic acids is 1. The molecule has 0 heterocycles. The zero-order valence-corrected chi connectivity index (χ0v) is 14.7. The van der Waals surface area contributed by atoms with Crippen LogP contribution in [0.25, 0.3) is 0 Å². The first-order valence-corrected chi connectivity index (χ1v) is 8.61. The Morgan fingerprint density at radius 3 is 2.23 bits per heavy atom. The molecule has 0 spiro atoms. The predicted molar refractivity (Wildman–Crippen MR) is 90.4 cm³/mol. The Hall–Kier alpha value is -1.10. The third-order valence-corrected chi connectivity index (χ3v) is 3.75. The smallest absolute Gasteiger partial charge is 0.359 e. The molecule has 0 bridgehead atoms. The molecule has 5 nitrogen and oxygen atoms in total. The largest absolute Gasteiger partial charge is 0.481 e. The van der Waals surface area contributed by atoms with E-state index in [0.717, 1.165) is 19.4 Å². The summed E-state index contributed by atoms with van der Waals surface area (Å²) in [6.45, 7) is 3.73. The van der Waals surface area contributed by atoms with Crippen molar-refractivity contribution in [1.82, 2.24) is 0 Å². The Bertz CT molecular complexity index is 317. The van der Waals surface area contributed by atoms with Crippen LogP contribution in [0, 0.1) is 5.41 Å². The Morgan fingerprint density at radius 1 is 1.05 bits per heavy atom. The number of nitrogens with one attached hydrogen (secondary N) is 1. The Morgan fingerprint density at radius 2 is 1.64 bits per heavy atom. The summed E-state index contributed by atoms with van der Waals surface area (Å²) in [6.07, 6.45) is 10.1. The number of likely N-dealkylation sites (N-methyl/N-ethyl adjacent to an activating group) is 1. The average Bonchev–Trinajstić information content (AvgIpc) is 2.40. The average molecular weight is 315 g/mol. The van der Waals surface area contributed by atoms with Crippen LogP contribution >= 0.6 is 0 Å². The van der Waals surface area contributed by atoms with Crippen molar-refractivity contribution in [3.05, 3.63) is 0 Å². The number of unbranched alkanes of at least 4 members (excludes halogenated alkanes) is 6. The zero-order chi connectivity index (χ0) is 16.8. The first kappa shape index (κ1) is 20.9. The number of quaternary nitrogens is 1. The van der Waals surface area contributed by atoms with Gasteiger partial charge in [-0.3, -0.25) is 5.41 Å². The fraction of sp³-hybridized carbons (Fsp3) is 0.882. The van der Waals surface area contributed by atoms with E-state index in [4.69, 9.17) is 15.3 Å². The molecule has 0 aliphatic heterocycles. The number of hydrogen-bond donors (Lipinski definition) is 2. The molecule has 0 saturated carbocycles. The van der Waals surface area contributed by atoms with E-state index in [0.29, 0.717) is 23.4 Å². The van der Waals surface area contributed by atoms with Crippen LogP contribution in [0.15, 0.2) is 0 Å². The molecule has 0 fully saturated rings. The summed E-state index contributed by atoms with van der Waals surface area (Å²) < 4.78 is 5.87. The molecule has 22 heavy (non-hydrogen) atoms. The summed E-state index contributed by atoms with van der Waals surface area (Å²) in [7, 11) is 3.80. The lowest BCUT2D eigenvalue weighted by atomic mass is 10.1. The fourth-order valence-electron chi connectivity index (χ4n) is 2.44. The number of hydrogen-bond acceptors (Lipinski definition) is 3. The highest BCUT2D eigenvalue weighted by Gasteiger charge is 2.19. The number of rotatable bonds is 14. The van der Waals surface area contributed by atoms with Crippen molar-refractivity contribution in [2.75, 3.05) is 33.8 Å². The van der Waals surface area contributed by atoms with E-state index in [2.05, 4.69) is 6.92 Å². The third kappa shape index (κ3) is 13.9. The lowest BCUT2D eigenvalue weighted by molar-refractivity contribution is -0.883. The second kappa shape index (κ2) is 12.4. The fourth-order valence-corrected chi connectivity index (χ4v) is 2.44. The number of aliphatic carboxylic acids is 1. The van der Waals surface area contributed by atoms with E-state index in [1.165, 1.54) is 38.5 Å². The summed E-state index contributed by atoms with van der Waals surface area (Å²) in [5.41, 5.74) is 0. The standard InChI is InChI=1S/C17H34N2O3/c1-4-5-6-7-8-9-10-14-22-16(18)12-11-13-19(2,3)15-17(20)21/h18H,4-15H2,1-3H3/p+1. The van der Waals surface area contributed by atoms with E-state index in [1.54, 1.807) is 0 Å². The van der Waals surface area contributed by atoms with Gasteiger partial charge in [-0.2, -0.15) is 0 Å². The van der Waals surface area contributed by atoms with Crippen LogP contribution in [0.5, 0.6) is 0 Å². The molecule has 0 rings (SSSR count). The summed E-state index contributed by atoms with van der Waals surface area (Å²) in [6, 6.07) is 0. The van der Waals surface area contributed by atoms with Gasteiger partial charge in [-0.05, 0) is 6.42 Å². The van der Waals surface area contributed by atoms with Crippen molar-refractivity contribution in [3.8, 4) is 0 Å². The highest BCUT2D eigenvalue weighted by atomic mass is 16.5. The van der Waals surface area contributed by atoms with Crippen molar-refractivity contribution >= 4 is 11.9 Å². The lowest BCUT2D eigenvalue weighted by Crippen LogP contribution is -2.44. The number of ether oxygens (including phenoxy) is 1. The van der Waals surface area contributed by atoms with Gasteiger partial charge in [-0.1, -0.05) is 45.4 Å². The van der Waals surface area contributed by atoms with Gasteiger partial charge in [-0.25, -0.2) is 4.79 Å². The van der Waals surface area contributed by atoms with Gasteiger partial charge in [0, 0.05) is 12.8 Å². The van der Waals surface area contributed by atoms with Crippen molar-refractivity contribution < 1.29 is 19.1 Å². The molecule has 0 radical (unpaired) electrons. The van der Waals surface area contributed by atoms with E-state index in [9.17, 15) is 4.79 Å². The maximum absolute atomic E-state index is 10.7. The Balaban J connectivity index is 3.49.